The van der Waals surface area contributed by atoms with Gasteiger partial charge in [0.15, 0.2) is 0 Å². The smallest absolute Gasteiger partial charge is 0.405 e. The average molecular weight is 490 g/mol. The van der Waals surface area contributed by atoms with Crippen LogP contribution >= 0.6 is 15.9 Å². The van der Waals surface area contributed by atoms with E-state index in [2.05, 4.69) is 31.0 Å². The molecule has 0 saturated heterocycles. The Balaban J connectivity index is 1.68. The zero-order chi connectivity index (χ0) is 22.2. The number of allylic oxidation sites excluding steroid dienone is 1. The SMILES string of the molecule is CN(C)C1=CC=NC(N)(C2(N)CCC(Cc3ccc(Br)cc3OC(F)(F)F)CC2)N1. The highest BCUT2D eigenvalue weighted by molar-refractivity contribution is 9.10. The van der Waals surface area contributed by atoms with Crippen LogP contribution in [0.1, 0.15) is 31.2 Å². The molecule has 0 radical (unpaired) electrons. The molecule has 5 N–H and O–H groups in total. The standard InChI is InChI=1S/C20H27BrF3N5O/c1-29(2)17-7-10-27-19(26,28-17)18(25)8-5-13(6-9-18)11-14-3-4-15(21)12-16(14)30-20(22,23)24/h3-4,7,10,12-13,28H,5-6,8-9,11,25-26H2,1-2H3. The van der Waals surface area contributed by atoms with Crippen molar-refractivity contribution < 1.29 is 17.9 Å². The second-order valence-corrected chi connectivity index (χ2v) is 9.14. The van der Waals surface area contributed by atoms with Crippen LogP contribution in [-0.4, -0.2) is 42.9 Å². The summed E-state index contributed by atoms with van der Waals surface area (Å²) in [4.78, 5) is 6.33. The van der Waals surface area contributed by atoms with Crippen molar-refractivity contribution in [2.75, 3.05) is 14.1 Å². The van der Waals surface area contributed by atoms with Crippen LogP contribution in [0.25, 0.3) is 0 Å². The molecular formula is C20H27BrF3N5O. The van der Waals surface area contributed by atoms with E-state index in [-0.39, 0.29) is 11.7 Å². The normalized spacial score (nSPS) is 29.2. The summed E-state index contributed by atoms with van der Waals surface area (Å²) >= 11 is 3.20. The maximum Gasteiger partial charge on any atom is 0.573 e. The van der Waals surface area contributed by atoms with Crippen LogP contribution < -0.4 is 21.5 Å². The summed E-state index contributed by atoms with van der Waals surface area (Å²) in [6.45, 7) is 0. The molecule has 1 unspecified atom stereocenters. The third kappa shape index (κ3) is 5.09. The number of halogens is 4. The Kier molecular flexibility index (Phi) is 6.41. The van der Waals surface area contributed by atoms with E-state index < -0.39 is 17.7 Å². The lowest BCUT2D eigenvalue weighted by atomic mass is 9.71. The first-order valence-corrected chi connectivity index (χ1v) is 10.5. The Labute approximate surface area is 182 Å². The first kappa shape index (κ1) is 22.9. The molecular weight excluding hydrogens is 463 g/mol. The van der Waals surface area contributed by atoms with Gasteiger partial charge in [-0.25, -0.2) is 4.99 Å². The van der Waals surface area contributed by atoms with E-state index >= 15 is 0 Å². The monoisotopic (exact) mass is 489 g/mol. The lowest BCUT2D eigenvalue weighted by Crippen LogP contribution is -2.73. The van der Waals surface area contributed by atoms with Crippen LogP contribution in [0.5, 0.6) is 5.75 Å². The molecule has 10 heteroatoms. The van der Waals surface area contributed by atoms with Crippen LogP contribution in [0.2, 0.25) is 0 Å². The number of nitrogens with one attached hydrogen (secondary N) is 1. The van der Waals surface area contributed by atoms with Gasteiger partial charge in [-0.1, -0.05) is 22.0 Å². The van der Waals surface area contributed by atoms with Crippen molar-refractivity contribution in [3.8, 4) is 5.75 Å². The summed E-state index contributed by atoms with van der Waals surface area (Å²) in [5.41, 5.74) is 13.0. The first-order valence-electron chi connectivity index (χ1n) is 9.74. The van der Waals surface area contributed by atoms with Crippen LogP contribution in [-0.2, 0) is 6.42 Å². The van der Waals surface area contributed by atoms with E-state index in [0.717, 1.165) is 18.7 Å². The Morgan fingerprint density at radius 1 is 1.27 bits per heavy atom. The van der Waals surface area contributed by atoms with Crippen molar-refractivity contribution in [3.05, 3.63) is 40.1 Å². The number of aliphatic imine (C=N–C) groups is 1. The maximum absolute atomic E-state index is 12.8. The summed E-state index contributed by atoms with van der Waals surface area (Å²) in [6.07, 6.45) is 1.90. The molecule has 1 aromatic rings. The van der Waals surface area contributed by atoms with Crippen molar-refractivity contribution in [2.45, 2.75) is 49.8 Å². The van der Waals surface area contributed by atoms with Gasteiger partial charge in [-0.3, -0.25) is 5.73 Å². The zero-order valence-electron chi connectivity index (χ0n) is 17.0. The van der Waals surface area contributed by atoms with Crippen LogP contribution in [0, 0.1) is 5.92 Å². The molecule has 3 rings (SSSR count). The Morgan fingerprint density at radius 3 is 2.53 bits per heavy atom. The van der Waals surface area contributed by atoms with Gasteiger partial charge in [0.05, 0.1) is 5.54 Å². The van der Waals surface area contributed by atoms with E-state index in [1.165, 1.54) is 6.07 Å². The molecule has 0 bridgehead atoms. The quantitative estimate of drug-likeness (QED) is 0.589. The molecule has 0 spiro atoms. The fourth-order valence-corrected chi connectivity index (χ4v) is 4.35. The third-order valence-electron chi connectivity index (χ3n) is 5.83. The summed E-state index contributed by atoms with van der Waals surface area (Å²) in [6, 6.07) is 4.74. The van der Waals surface area contributed by atoms with E-state index in [0.29, 0.717) is 29.3 Å². The molecule has 1 fully saturated rings. The van der Waals surface area contributed by atoms with Gasteiger partial charge >= 0.3 is 6.36 Å². The highest BCUT2D eigenvalue weighted by Crippen LogP contribution is 2.40. The number of nitrogens with two attached hydrogens (primary N) is 2. The highest BCUT2D eigenvalue weighted by atomic mass is 79.9. The molecule has 2 aliphatic rings. The highest BCUT2D eigenvalue weighted by Gasteiger charge is 2.49. The number of alkyl halides is 3. The molecule has 30 heavy (non-hydrogen) atoms. The lowest BCUT2D eigenvalue weighted by molar-refractivity contribution is -0.275. The molecule has 0 aromatic heterocycles. The number of benzene rings is 1. The molecule has 6 nitrogen and oxygen atoms in total. The van der Waals surface area contributed by atoms with Crippen LogP contribution in [0.4, 0.5) is 13.2 Å². The van der Waals surface area contributed by atoms with Crippen molar-refractivity contribution in [1.29, 1.82) is 0 Å². The Morgan fingerprint density at radius 2 is 1.93 bits per heavy atom. The van der Waals surface area contributed by atoms with Crippen molar-refractivity contribution >= 4 is 22.1 Å². The van der Waals surface area contributed by atoms with E-state index in [1.54, 1.807) is 18.3 Å². The van der Waals surface area contributed by atoms with Gasteiger partial charge in [0.2, 0.25) is 5.79 Å². The number of hydrogen-bond donors (Lipinski definition) is 3. The van der Waals surface area contributed by atoms with E-state index in [9.17, 15) is 13.2 Å². The molecule has 1 heterocycles. The van der Waals surface area contributed by atoms with Gasteiger partial charge in [0, 0.05) is 24.8 Å². The molecule has 1 aliphatic carbocycles. The van der Waals surface area contributed by atoms with E-state index in [4.69, 9.17) is 11.5 Å². The number of ether oxygens (including phenoxy) is 1. The number of hydrogen-bond acceptors (Lipinski definition) is 6. The third-order valence-corrected chi connectivity index (χ3v) is 6.32. The predicted molar refractivity (Wildman–Crippen MR) is 114 cm³/mol. The Hall–Kier alpha value is -1.78. The fraction of sp³-hybridized carbons (Fsp3) is 0.550. The van der Waals surface area contributed by atoms with Crippen LogP contribution in [0.15, 0.2) is 39.6 Å². The number of rotatable bonds is 5. The zero-order valence-corrected chi connectivity index (χ0v) is 18.6. The van der Waals surface area contributed by atoms with Gasteiger partial charge in [-0.05, 0) is 61.8 Å². The lowest BCUT2D eigenvalue weighted by Gasteiger charge is -2.49. The topological polar surface area (TPSA) is 88.9 Å². The minimum Gasteiger partial charge on any atom is -0.405 e. The minimum absolute atomic E-state index is 0.170. The predicted octanol–water partition coefficient (Wildman–Crippen LogP) is 3.47. The molecule has 1 aliphatic heterocycles. The number of nitrogens with zero attached hydrogens (tertiary/aromatic N) is 2. The molecule has 1 atom stereocenters. The second kappa shape index (κ2) is 8.39. The van der Waals surface area contributed by atoms with Gasteiger partial charge in [-0.15, -0.1) is 13.2 Å². The van der Waals surface area contributed by atoms with Gasteiger partial charge in [0.25, 0.3) is 0 Å². The average Bonchev–Trinajstić information content (AvgIpc) is 2.64. The largest absolute Gasteiger partial charge is 0.573 e. The fourth-order valence-electron chi connectivity index (χ4n) is 4.01. The molecule has 0 amide bonds. The summed E-state index contributed by atoms with van der Waals surface area (Å²) < 4.78 is 43.1. The van der Waals surface area contributed by atoms with Crippen molar-refractivity contribution in [1.82, 2.24) is 10.2 Å². The Bertz CT molecular complexity index is 834. The van der Waals surface area contributed by atoms with Crippen LogP contribution in [0.3, 0.4) is 0 Å². The van der Waals surface area contributed by atoms with E-state index in [1.807, 2.05) is 25.1 Å². The summed E-state index contributed by atoms with van der Waals surface area (Å²) in [7, 11) is 3.80. The summed E-state index contributed by atoms with van der Waals surface area (Å²) in [5.74, 6) is -0.299. The first-order chi connectivity index (χ1) is 13.9. The van der Waals surface area contributed by atoms with Gasteiger partial charge in [0.1, 0.15) is 11.6 Å². The van der Waals surface area contributed by atoms with Gasteiger partial charge < -0.3 is 20.7 Å². The second-order valence-electron chi connectivity index (χ2n) is 8.22. The molecule has 166 valence electrons. The summed E-state index contributed by atoms with van der Waals surface area (Å²) in [5, 5.41) is 3.24. The minimum atomic E-state index is -4.73. The van der Waals surface area contributed by atoms with Crippen molar-refractivity contribution in [2.24, 2.45) is 22.4 Å². The van der Waals surface area contributed by atoms with Crippen molar-refractivity contribution in [3.63, 3.8) is 0 Å². The maximum atomic E-state index is 12.8. The van der Waals surface area contributed by atoms with Gasteiger partial charge in [-0.2, -0.15) is 0 Å². The molecule has 1 saturated carbocycles. The molecule has 1 aromatic carbocycles.